The van der Waals surface area contributed by atoms with Crippen LogP contribution in [0.4, 0.5) is 0 Å². The molecule has 1 unspecified atom stereocenters. The fourth-order valence-corrected chi connectivity index (χ4v) is 1.48. The maximum absolute atomic E-state index is 9.02. The standard InChI is InChI=1S/C8H19NOS/c1-7(2)11-6-8(3,5-10)9-4/h7,9-10H,5-6H2,1-4H3. The molecule has 0 bridgehead atoms. The molecule has 0 spiro atoms. The average Bonchev–Trinajstić information content (AvgIpc) is 2.00. The van der Waals surface area contributed by atoms with Crippen LogP contribution in [0.1, 0.15) is 20.8 Å². The Bertz CT molecular complexity index is 102. The highest BCUT2D eigenvalue weighted by molar-refractivity contribution is 7.99. The first-order chi connectivity index (χ1) is 5.04. The molecule has 0 aromatic heterocycles. The molecule has 0 rings (SSSR count). The van der Waals surface area contributed by atoms with Gasteiger partial charge in [-0.05, 0) is 19.2 Å². The van der Waals surface area contributed by atoms with Crippen molar-refractivity contribution in [1.82, 2.24) is 5.32 Å². The van der Waals surface area contributed by atoms with E-state index < -0.39 is 0 Å². The summed E-state index contributed by atoms with van der Waals surface area (Å²) in [5.41, 5.74) is -0.116. The van der Waals surface area contributed by atoms with Gasteiger partial charge in [0.05, 0.1) is 6.61 Å². The van der Waals surface area contributed by atoms with Gasteiger partial charge in [0.25, 0.3) is 0 Å². The number of thioether (sulfide) groups is 1. The van der Waals surface area contributed by atoms with Crippen molar-refractivity contribution in [3.63, 3.8) is 0 Å². The summed E-state index contributed by atoms with van der Waals surface area (Å²) in [5.74, 6) is 0.956. The van der Waals surface area contributed by atoms with Crippen LogP contribution < -0.4 is 5.32 Å². The molecule has 68 valence electrons. The van der Waals surface area contributed by atoms with Gasteiger partial charge in [0, 0.05) is 11.3 Å². The Morgan fingerprint density at radius 3 is 2.36 bits per heavy atom. The molecule has 0 aliphatic heterocycles. The molecule has 0 radical (unpaired) electrons. The first-order valence-corrected chi connectivity index (χ1v) is 5.00. The number of hydrogen-bond acceptors (Lipinski definition) is 3. The van der Waals surface area contributed by atoms with Crippen molar-refractivity contribution in [3.05, 3.63) is 0 Å². The molecular formula is C8H19NOS. The Morgan fingerprint density at radius 2 is 2.09 bits per heavy atom. The molecule has 0 aromatic carbocycles. The second-order valence-electron chi connectivity index (χ2n) is 3.33. The highest BCUT2D eigenvalue weighted by Crippen LogP contribution is 2.16. The second kappa shape index (κ2) is 5.01. The Morgan fingerprint density at radius 1 is 1.55 bits per heavy atom. The van der Waals surface area contributed by atoms with E-state index in [9.17, 15) is 0 Å². The van der Waals surface area contributed by atoms with E-state index in [0.29, 0.717) is 5.25 Å². The first-order valence-electron chi connectivity index (χ1n) is 3.95. The van der Waals surface area contributed by atoms with Gasteiger partial charge < -0.3 is 10.4 Å². The number of aliphatic hydroxyl groups excluding tert-OH is 1. The molecule has 0 aliphatic carbocycles. The van der Waals surface area contributed by atoms with Crippen molar-refractivity contribution in [2.75, 3.05) is 19.4 Å². The monoisotopic (exact) mass is 177 g/mol. The maximum atomic E-state index is 9.02. The van der Waals surface area contributed by atoms with Crippen molar-refractivity contribution in [3.8, 4) is 0 Å². The minimum Gasteiger partial charge on any atom is -0.394 e. The molecule has 1 atom stereocenters. The lowest BCUT2D eigenvalue weighted by Gasteiger charge is -2.27. The van der Waals surface area contributed by atoms with Gasteiger partial charge in [-0.15, -0.1) is 0 Å². The third-order valence-electron chi connectivity index (χ3n) is 1.69. The summed E-state index contributed by atoms with van der Waals surface area (Å²) in [7, 11) is 1.89. The van der Waals surface area contributed by atoms with E-state index in [2.05, 4.69) is 19.2 Å². The summed E-state index contributed by atoms with van der Waals surface area (Å²) in [5, 5.41) is 12.8. The van der Waals surface area contributed by atoms with Crippen LogP contribution >= 0.6 is 11.8 Å². The molecule has 2 nitrogen and oxygen atoms in total. The molecule has 2 N–H and O–H groups in total. The van der Waals surface area contributed by atoms with Gasteiger partial charge in [0.1, 0.15) is 0 Å². The zero-order valence-corrected chi connectivity index (χ0v) is 8.66. The van der Waals surface area contributed by atoms with Crippen molar-refractivity contribution in [1.29, 1.82) is 0 Å². The minimum atomic E-state index is -0.116. The maximum Gasteiger partial charge on any atom is 0.0618 e. The van der Waals surface area contributed by atoms with Crippen LogP contribution in [-0.4, -0.2) is 35.3 Å². The molecule has 0 aromatic rings. The largest absolute Gasteiger partial charge is 0.394 e. The van der Waals surface area contributed by atoms with Crippen molar-refractivity contribution >= 4 is 11.8 Å². The van der Waals surface area contributed by atoms with Crippen LogP contribution in [-0.2, 0) is 0 Å². The third kappa shape index (κ3) is 4.67. The van der Waals surface area contributed by atoms with E-state index >= 15 is 0 Å². The Balaban J connectivity index is 3.69. The summed E-state index contributed by atoms with van der Waals surface area (Å²) in [6.45, 7) is 6.56. The van der Waals surface area contributed by atoms with Gasteiger partial charge in [-0.2, -0.15) is 11.8 Å². The predicted molar refractivity (Wildman–Crippen MR) is 52.1 cm³/mol. The molecular weight excluding hydrogens is 158 g/mol. The van der Waals surface area contributed by atoms with Gasteiger partial charge in [-0.1, -0.05) is 13.8 Å². The Kier molecular flexibility index (Phi) is 5.13. The lowest BCUT2D eigenvalue weighted by molar-refractivity contribution is 0.200. The van der Waals surface area contributed by atoms with Crippen LogP contribution in [0.25, 0.3) is 0 Å². The summed E-state index contributed by atoms with van der Waals surface area (Å²) in [6, 6.07) is 0. The number of hydrogen-bond donors (Lipinski definition) is 2. The van der Waals surface area contributed by atoms with E-state index in [4.69, 9.17) is 5.11 Å². The Hall–Kier alpha value is 0.270. The average molecular weight is 177 g/mol. The van der Waals surface area contributed by atoms with Crippen LogP contribution in [0.2, 0.25) is 0 Å². The van der Waals surface area contributed by atoms with E-state index in [0.717, 1.165) is 5.75 Å². The highest BCUT2D eigenvalue weighted by atomic mass is 32.2. The molecule has 0 saturated carbocycles. The van der Waals surface area contributed by atoms with E-state index in [-0.39, 0.29) is 12.1 Å². The molecule has 0 amide bonds. The molecule has 11 heavy (non-hydrogen) atoms. The van der Waals surface area contributed by atoms with Crippen molar-refractivity contribution in [2.45, 2.75) is 31.6 Å². The van der Waals surface area contributed by atoms with E-state index in [1.165, 1.54) is 0 Å². The van der Waals surface area contributed by atoms with Crippen molar-refractivity contribution < 1.29 is 5.11 Å². The second-order valence-corrected chi connectivity index (χ2v) is 4.89. The van der Waals surface area contributed by atoms with Crippen LogP contribution in [0.5, 0.6) is 0 Å². The fourth-order valence-electron chi connectivity index (χ4n) is 0.547. The fraction of sp³-hybridized carbons (Fsp3) is 1.00. The van der Waals surface area contributed by atoms with E-state index in [1.54, 1.807) is 0 Å². The molecule has 0 fully saturated rings. The third-order valence-corrected chi connectivity index (χ3v) is 3.16. The summed E-state index contributed by atoms with van der Waals surface area (Å²) < 4.78 is 0. The quantitative estimate of drug-likeness (QED) is 0.659. The molecule has 0 heterocycles. The van der Waals surface area contributed by atoms with E-state index in [1.807, 2.05) is 25.7 Å². The van der Waals surface area contributed by atoms with Gasteiger partial charge in [0.15, 0.2) is 0 Å². The van der Waals surface area contributed by atoms with Gasteiger partial charge >= 0.3 is 0 Å². The lowest BCUT2D eigenvalue weighted by Crippen LogP contribution is -2.46. The number of nitrogens with one attached hydrogen (secondary N) is 1. The summed E-state index contributed by atoms with van der Waals surface area (Å²) in [6.07, 6.45) is 0. The smallest absolute Gasteiger partial charge is 0.0618 e. The Labute approximate surface area is 73.8 Å². The van der Waals surface area contributed by atoms with Gasteiger partial charge in [-0.25, -0.2) is 0 Å². The molecule has 3 heteroatoms. The molecule has 0 saturated heterocycles. The number of likely N-dealkylation sites (N-methyl/N-ethyl adjacent to an activating group) is 1. The molecule has 0 aliphatic rings. The zero-order chi connectivity index (χ0) is 8.91. The topological polar surface area (TPSA) is 32.3 Å². The number of rotatable bonds is 5. The SMILES string of the molecule is CNC(C)(CO)CSC(C)C. The van der Waals surface area contributed by atoms with Gasteiger partial charge in [0.2, 0.25) is 0 Å². The lowest BCUT2D eigenvalue weighted by atomic mass is 10.1. The summed E-state index contributed by atoms with van der Waals surface area (Å²) >= 11 is 1.86. The predicted octanol–water partition coefficient (Wildman–Crippen LogP) is 1.10. The van der Waals surface area contributed by atoms with Crippen molar-refractivity contribution in [2.24, 2.45) is 0 Å². The highest BCUT2D eigenvalue weighted by Gasteiger charge is 2.20. The normalized spacial score (nSPS) is 16.9. The van der Waals surface area contributed by atoms with Crippen LogP contribution in [0, 0.1) is 0 Å². The zero-order valence-electron chi connectivity index (χ0n) is 7.85. The van der Waals surface area contributed by atoms with Crippen LogP contribution in [0.15, 0.2) is 0 Å². The van der Waals surface area contributed by atoms with Crippen LogP contribution in [0.3, 0.4) is 0 Å². The summed E-state index contributed by atoms with van der Waals surface area (Å²) in [4.78, 5) is 0. The van der Waals surface area contributed by atoms with Gasteiger partial charge in [-0.3, -0.25) is 0 Å². The minimum absolute atomic E-state index is 0.116. The first kappa shape index (κ1) is 11.3. The number of aliphatic hydroxyl groups is 1.